The molecule has 148 valence electrons. The molecule has 6 nitrogen and oxygen atoms in total. The highest BCUT2D eigenvalue weighted by Gasteiger charge is 2.16. The van der Waals surface area contributed by atoms with Crippen LogP contribution in [0.1, 0.15) is 37.8 Å². The topological polar surface area (TPSA) is 68.3 Å². The number of ether oxygens (including phenoxy) is 2. The minimum atomic E-state index is 0.188. The second kappa shape index (κ2) is 10.1. The van der Waals surface area contributed by atoms with Gasteiger partial charge in [0.25, 0.3) is 0 Å². The molecule has 1 fully saturated rings. The molecule has 1 aromatic heterocycles. The molecular formula is C22H28N4O2. The molecule has 2 N–H and O–H groups in total. The Morgan fingerprint density at radius 2 is 2.18 bits per heavy atom. The second-order valence-corrected chi connectivity index (χ2v) is 6.79. The lowest BCUT2D eigenvalue weighted by atomic mass is 10.0. The third kappa shape index (κ3) is 5.22. The number of hydrogen-bond acceptors (Lipinski definition) is 6. The molecule has 1 aliphatic rings. The molecule has 1 saturated heterocycles. The van der Waals surface area contributed by atoms with Crippen LogP contribution < -0.4 is 15.4 Å². The van der Waals surface area contributed by atoms with Crippen molar-refractivity contribution in [3.63, 3.8) is 0 Å². The van der Waals surface area contributed by atoms with Crippen LogP contribution in [0.5, 0.6) is 5.75 Å². The highest BCUT2D eigenvalue weighted by Crippen LogP contribution is 2.32. The fourth-order valence-corrected chi connectivity index (χ4v) is 3.25. The predicted molar refractivity (Wildman–Crippen MR) is 111 cm³/mol. The van der Waals surface area contributed by atoms with Gasteiger partial charge < -0.3 is 20.1 Å². The zero-order chi connectivity index (χ0) is 19.8. The van der Waals surface area contributed by atoms with E-state index in [0.29, 0.717) is 18.4 Å². The maximum atomic E-state index is 5.84. The van der Waals surface area contributed by atoms with Crippen LogP contribution >= 0.6 is 0 Å². The number of benzene rings is 1. The summed E-state index contributed by atoms with van der Waals surface area (Å²) >= 11 is 0. The molecule has 1 aliphatic heterocycles. The summed E-state index contributed by atoms with van der Waals surface area (Å²) in [6.45, 7) is 8.62. The number of hydrogen-bond donors (Lipinski definition) is 2. The summed E-state index contributed by atoms with van der Waals surface area (Å²) in [7, 11) is 0. The van der Waals surface area contributed by atoms with E-state index in [9.17, 15) is 0 Å². The summed E-state index contributed by atoms with van der Waals surface area (Å²) in [5.41, 5.74) is 3.62. The van der Waals surface area contributed by atoms with Crippen LogP contribution in [0, 0.1) is 18.8 Å². The molecule has 0 spiro atoms. The normalized spacial score (nSPS) is 16.2. The first-order valence-corrected chi connectivity index (χ1v) is 9.80. The summed E-state index contributed by atoms with van der Waals surface area (Å²) < 4.78 is 11.2. The molecule has 2 aromatic rings. The summed E-state index contributed by atoms with van der Waals surface area (Å²) in [6.07, 6.45) is 2.32. The highest BCUT2D eigenvalue weighted by molar-refractivity contribution is 5.71. The number of rotatable bonds is 7. The van der Waals surface area contributed by atoms with Crippen molar-refractivity contribution < 1.29 is 9.47 Å². The lowest BCUT2D eigenvalue weighted by molar-refractivity contribution is 0.0227. The van der Waals surface area contributed by atoms with Crippen molar-refractivity contribution in [1.29, 1.82) is 0 Å². The van der Waals surface area contributed by atoms with Crippen LogP contribution in [0.3, 0.4) is 0 Å². The fourth-order valence-electron chi connectivity index (χ4n) is 3.25. The number of aryl methyl sites for hydroxylation is 1. The van der Waals surface area contributed by atoms with Crippen LogP contribution in [-0.2, 0) is 4.74 Å². The van der Waals surface area contributed by atoms with Gasteiger partial charge in [-0.1, -0.05) is 5.92 Å². The van der Waals surface area contributed by atoms with E-state index in [1.54, 1.807) is 0 Å². The minimum Gasteiger partial charge on any atom is -0.467 e. The third-order valence-corrected chi connectivity index (χ3v) is 4.64. The Hall–Kier alpha value is -2.62. The zero-order valence-electron chi connectivity index (χ0n) is 16.8. The summed E-state index contributed by atoms with van der Waals surface area (Å²) in [5, 5.41) is 15.8. The molecule has 0 radical (unpaired) electrons. The molecule has 28 heavy (non-hydrogen) atoms. The van der Waals surface area contributed by atoms with E-state index in [-0.39, 0.29) is 6.79 Å². The molecule has 0 bridgehead atoms. The van der Waals surface area contributed by atoms with Gasteiger partial charge >= 0.3 is 0 Å². The maximum Gasteiger partial charge on any atom is 0.189 e. The number of anilines is 1. The number of piperidine rings is 1. The number of nitrogens with zero attached hydrogens (tertiary/aromatic N) is 2. The molecule has 3 rings (SSSR count). The van der Waals surface area contributed by atoms with Crippen molar-refractivity contribution >= 4 is 5.82 Å². The summed E-state index contributed by atoms with van der Waals surface area (Å²) in [4.78, 5) is 0. The highest BCUT2D eigenvalue weighted by atomic mass is 16.7. The Morgan fingerprint density at radius 3 is 2.89 bits per heavy atom. The van der Waals surface area contributed by atoms with Gasteiger partial charge in [-0.25, -0.2) is 0 Å². The van der Waals surface area contributed by atoms with Crippen LogP contribution in [0.15, 0.2) is 24.3 Å². The quantitative estimate of drug-likeness (QED) is 0.436. The average Bonchev–Trinajstić information content (AvgIpc) is 2.70. The Kier molecular flexibility index (Phi) is 7.24. The van der Waals surface area contributed by atoms with Gasteiger partial charge in [-0.05, 0) is 70.0 Å². The molecule has 6 heteroatoms. The molecule has 0 aliphatic carbocycles. The lowest BCUT2D eigenvalue weighted by Gasteiger charge is -2.24. The van der Waals surface area contributed by atoms with Crippen LogP contribution in [0.25, 0.3) is 11.3 Å². The Bertz CT molecular complexity index is 851. The molecule has 1 aromatic carbocycles. The fraction of sp³-hybridized carbons (Fsp3) is 0.455. The van der Waals surface area contributed by atoms with Gasteiger partial charge in [0, 0.05) is 30.3 Å². The standard InChI is InChI=1S/C22H28N4O2/c1-4-7-17-9-10-19(20(13-17)28-15-27-5-2)22-16(3)12-21(25-26-22)24-18-8-6-11-23-14-18/h9-10,12-13,18,23H,5-6,8,11,14-15H2,1-3H3,(H,24,25)/t18-/m1/s1. The van der Waals surface area contributed by atoms with E-state index in [2.05, 4.69) is 32.7 Å². The van der Waals surface area contributed by atoms with Gasteiger partial charge in [-0.15, -0.1) is 16.1 Å². The van der Waals surface area contributed by atoms with Crippen molar-refractivity contribution in [2.45, 2.75) is 39.7 Å². The molecule has 1 atom stereocenters. The smallest absolute Gasteiger partial charge is 0.189 e. The van der Waals surface area contributed by atoms with E-state index in [1.807, 2.05) is 45.0 Å². The van der Waals surface area contributed by atoms with Gasteiger partial charge in [0.1, 0.15) is 11.6 Å². The largest absolute Gasteiger partial charge is 0.467 e. The minimum absolute atomic E-state index is 0.188. The first-order chi connectivity index (χ1) is 13.7. The average molecular weight is 380 g/mol. The zero-order valence-corrected chi connectivity index (χ0v) is 16.8. The van der Waals surface area contributed by atoms with Crippen molar-refractivity contribution in [2.75, 3.05) is 31.8 Å². The van der Waals surface area contributed by atoms with Crippen molar-refractivity contribution in [1.82, 2.24) is 15.5 Å². The number of nitrogens with one attached hydrogen (secondary N) is 2. The van der Waals surface area contributed by atoms with Gasteiger partial charge in [-0.2, -0.15) is 0 Å². The van der Waals surface area contributed by atoms with Gasteiger partial charge in [0.2, 0.25) is 0 Å². The third-order valence-electron chi connectivity index (χ3n) is 4.64. The SMILES string of the molecule is CC#Cc1ccc(-c2nnc(N[C@@H]3CCCNC3)cc2C)c(OCOCC)c1. The first-order valence-electron chi connectivity index (χ1n) is 9.80. The second-order valence-electron chi connectivity index (χ2n) is 6.79. The van der Waals surface area contributed by atoms with Crippen LogP contribution in [-0.4, -0.2) is 42.7 Å². The Balaban J connectivity index is 1.85. The molecule has 0 amide bonds. The van der Waals surface area contributed by atoms with Crippen molar-refractivity contribution in [2.24, 2.45) is 0 Å². The molecule has 2 heterocycles. The molecule has 0 unspecified atom stereocenters. The van der Waals surface area contributed by atoms with Crippen molar-refractivity contribution in [3.05, 3.63) is 35.4 Å². The number of aromatic nitrogens is 2. The van der Waals surface area contributed by atoms with E-state index in [4.69, 9.17) is 9.47 Å². The predicted octanol–water partition coefficient (Wildman–Crippen LogP) is 3.36. The van der Waals surface area contributed by atoms with Crippen molar-refractivity contribution in [3.8, 4) is 28.8 Å². The van der Waals surface area contributed by atoms with E-state index >= 15 is 0 Å². The maximum absolute atomic E-state index is 5.84. The molecular weight excluding hydrogens is 352 g/mol. The van der Waals surface area contributed by atoms with Crippen LogP contribution in [0.2, 0.25) is 0 Å². The van der Waals surface area contributed by atoms with E-state index in [1.165, 1.54) is 6.42 Å². The van der Waals surface area contributed by atoms with E-state index in [0.717, 1.165) is 47.7 Å². The summed E-state index contributed by atoms with van der Waals surface area (Å²) in [5.74, 6) is 7.48. The monoisotopic (exact) mass is 380 g/mol. The summed E-state index contributed by atoms with van der Waals surface area (Å²) in [6, 6.07) is 8.32. The van der Waals surface area contributed by atoms with E-state index < -0.39 is 0 Å². The van der Waals surface area contributed by atoms with Gasteiger partial charge in [0.15, 0.2) is 6.79 Å². The lowest BCUT2D eigenvalue weighted by Crippen LogP contribution is -2.38. The first kappa shape index (κ1) is 20.1. The van der Waals surface area contributed by atoms with Gasteiger partial charge in [0.05, 0.1) is 5.69 Å². The molecule has 0 saturated carbocycles. The van der Waals surface area contributed by atoms with Crippen LogP contribution in [0.4, 0.5) is 5.82 Å². The Morgan fingerprint density at radius 1 is 1.29 bits per heavy atom. The Labute approximate surface area is 167 Å². The van der Waals surface area contributed by atoms with Gasteiger partial charge in [-0.3, -0.25) is 0 Å².